The van der Waals surface area contributed by atoms with Crippen molar-refractivity contribution in [1.82, 2.24) is 0 Å². The van der Waals surface area contributed by atoms with Gasteiger partial charge in [0.05, 0.1) is 6.61 Å². The van der Waals surface area contributed by atoms with E-state index in [0.29, 0.717) is 36.0 Å². The van der Waals surface area contributed by atoms with E-state index < -0.39 is 6.16 Å². The molecule has 30 heavy (non-hydrogen) atoms. The zero-order valence-corrected chi connectivity index (χ0v) is 18.9. The molecule has 0 aromatic heterocycles. The zero-order chi connectivity index (χ0) is 21.3. The summed E-state index contributed by atoms with van der Waals surface area (Å²) in [6, 6.07) is 6.00. The van der Waals surface area contributed by atoms with Crippen LogP contribution < -0.4 is 0 Å². The number of hydrogen-bond acceptors (Lipinski definition) is 4. The number of fused-ring (bicyclic) bond motifs is 5. The molecule has 4 nitrogen and oxygen atoms in total. The van der Waals surface area contributed by atoms with Crippen molar-refractivity contribution in [3.05, 3.63) is 29.3 Å². The third kappa shape index (κ3) is 3.83. The highest BCUT2D eigenvalue weighted by Crippen LogP contribution is 2.63. The van der Waals surface area contributed by atoms with Crippen LogP contribution in [0.3, 0.4) is 0 Å². The lowest BCUT2D eigenvalue weighted by Crippen LogP contribution is -2.48. The van der Waals surface area contributed by atoms with Crippen molar-refractivity contribution < 1.29 is 19.4 Å². The van der Waals surface area contributed by atoms with E-state index in [2.05, 4.69) is 26.8 Å². The van der Waals surface area contributed by atoms with Gasteiger partial charge in [0.2, 0.25) is 0 Å². The third-order valence-electron chi connectivity index (χ3n) is 8.53. The van der Waals surface area contributed by atoms with Crippen LogP contribution in [-0.4, -0.2) is 24.0 Å². The van der Waals surface area contributed by atoms with Crippen LogP contribution in [0.4, 0.5) is 4.79 Å². The summed E-state index contributed by atoms with van der Waals surface area (Å²) in [6.45, 7) is 7.27. The van der Waals surface area contributed by atoms with Crippen LogP contribution in [0.25, 0.3) is 0 Å². The SMILES string of the molecule is CCCCCOC(=O)O[C@H]1CCC2C3C(CC[C@@]21C)c1ccc(O)cc1C[C@H]3CC. The normalized spacial score (nSPS) is 34.6. The van der Waals surface area contributed by atoms with Crippen molar-refractivity contribution in [3.63, 3.8) is 0 Å². The van der Waals surface area contributed by atoms with Crippen molar-refractivity contribution >= 4 is 6.16 Å². The molecule has 2 fully saturated rings. The maximum Gasteiger partial charge on any atom is 0.508 e. The highest BCUT2D eigenvalue weighted by molar-refractivity contribution is 5.60. The number of unbranched alkanes of at least 4 members (excludes halogenated alkanes) is 2. The van der Waals surface area contributed by atoms with Gasteiger partial charge in [-0.2, -0.15) is 0 Å². The minimum absolute atomic E-state index is 0.0270. The topological polar surface area (TPSA) is 55.8 Å². The molecule has 3 unspecified atom stereocenters. The second-order valence-electron chi connectivity index (χ2n) is 10.1. The molecule has 0 bridgehead atoms. The van der Waals surface area contributed by atoms with Crippen LogP contribution in [0.2, 0.25) is 0 Å². The molecule has 0 aliphatic heterocycles. The van der Waals surface area contributed by atoms with Gasteiger partial charge in [-0.25, -0.2) is 4.79 Å². The van der Waals surface area contributed by atoms with E-state index in [-0.39, 0.29) is 11.5 Å². The molecule has 0 amide bonds. The van der Waals surface area contributed by atoms with Crippen LogP contribution in [0.5, 0.6) is 5.75 Å². The number of carbonyl (C=O) groups excluding carboxylic acids is 1. The number of ether oxygens (including phenoxy) is 2. The number of rotatable bonds is 6. The highest BCUT2D eigenvalue weighted by atomic mass is 16.7. The molecule has 1 aromatic carbocycles. The lowest BCUT2D eigenvalue weighted by Gasteiger charge is -2.53. The van der Waals surface area contributed by atoms with Crippen LogP contribution >= 0.6 is 0 Å². The molecular weight excluding hydrogens is 376 g/mol. The fourth-order valence-corrected chi connectivity index (χ4v) is 6.98. The van der Waals surface area contributed by atoms with Crippen molar-refractivity contribution in [2.75, 3.05) is 6.61 Å². The van der Waals surface area contributed by atoms with Gasteiger partial charge in [0.1, 0.15) is 11.9 Å². The van der Waals surface area contributed by atoms with Gasteiger partial charge in [-0.1, -0.05) is 46.1 Å². The summed E-state index contributed by atoms with van der Waals surface area (Å²) in [6.07, 6.45) is 9.13. The lowest BCUT2D eigenvalue weighted by molar-refractivity contribution is -0.0635. The number of phenols is 1. The van der Waals surface area contributed by atoms with Gasteiger partial charge < -0.3 is 14.6 Å². The molecule has 4 rings (SSSR count). The van der Waals surface area contributed by atoms with E-state index in [1.165, 1.54) is 11.1 Å². The maximum atomic E-state index is 12.3. The fourth-order valence-electron chi connectivity index (χ4n) is 6.98. The summed E-state index contributed by atoms with van der Waals surface area (Å²) in [4.78, 5) is 12.3. The second kappa shape index (κ2) is 8.80. The van der Waals surface area contributed by atoms with Gasteiger partial charge >= 0.3 is 6.16 Å². The predicted octanol–water partition coefficient (Wildman–Crippen LogP) is 6.60. The lowest BCUT2D eigenvalue weighted by atomic mass is 9.52. The molecule has 2 saturated carbocycles. The molecular formula is C26H38O4. The molecule has 1 N–H and O–H groups in total. The van der Waals surface area contributed by atoms with Crippen molar-refractivity contribution in [1.29, 1.82) is 0 Å². The van der Waals surface area contributed by atoms with Gasteiger partial charge in [-0.15, -0.1) is 0 Å². The van der Waals surface area contributed by atoms with Gasteiger partial charge in [0, 0.05) is 5.41 Å². The summed E-state index contributed by atoms with van der Waals surface area (Å²) in [5.41, 5.74) is 2.84. The van der Waals surface area contributed by atoms with E-state index in [1.54, 1.807) is 0 Å². The van der Waals surface area contributed by atoms with E-state index in [0.717, 1.165) is 57.8 Å². The van der Waals surface area contributed by atoms with E-state index >= 15 is 0 Å². The molecule has 0 heterocycles. The largest absolute Gasteiger partial charge is 0.508 e. The monoisotopic (exact) mass is 414 g/mol. The maximum absolute atomic E-state index is 12.3. The average molecular weight is 415 g/mol. The Kier molecular flexibility index (Phi) is 6.31. The third-order valence-corrected chi connectivity index (χ3v) is 8.53. The van der Waals surface area contributed by atoms with Gasteiger partial charge in [0.15, 0.2) is 0 Å². The van der Waals surface area contributed by atoms with Crippen molar-refractivity contribution in [2.45, 2.75) is 90.6 Å². The Morgan fingerprint density at radius 2 is 2.03 bits per heavy atom. The van der Waals surface area contributed by atoms with Crippen LogP contribution in [0, 0.1) is 23.2 Å². The average Bonchev–Trinajstić information content (AvgIpc) is 3.06. The molecule has 166 valence electrons. The number of phenolic OH excluding ortho intramolecular Hbond substituents is 1. The summed E-state index contributed by atoms with van der Waals surface area (Å²) >= 11 is 0. The Labute approximate surface area is 181 Å². The smallest absolute Gasteiger partial charge is 0.508 e. The Bertz CT molecular complexity index is 759. The number of hydrogen-bond donors (Lipinski definition) is 1. The quantitative estimate of drug-likeness (QED) is 0.421. The first-order chi connectivity index (χ1) is 14.5. The van der Waals surface area contributed by atoms with E-state index in [1.807, 2.05) is 12.1 Å². The first-order valence-electron chi connectivity index (χ1n) is 12.1. The summed E-state index contributed by atoms with van der Waals surface area (Å²) in [7, 11) is 0. The van der Waals surface area contributed by atoms with Crippen LogP contribution in [0.1, 0.15) is 89.2 Å². The standard InChI is InChI=1S/C26H38O4/c1-4-6-7-14-29-25(28)30-23-11-10-22-24-17(5-2)15-18-16-19(27)8-9-20(18)21(24)12-13-26(22,23)3/h8-9,16-17,21-24,27H,4-7,10-15H2,1-3H3/t17-,21?,22?,23+,24?,26+/m1/s1. The summed E-state index contributed by atoms with van der Waals surface area (Å²) in [5, 5.41) is 9.98. The Morgan fingerprint density at radius 1 is 1.20 bits per heavy atom. The predicted molar refractivity (Wildman–Crippen MR) is 118 cm³/mol. The Morgan fingerprint density at radius 3 is 2.80 bits per heavy atom. The molecule has 3 aliphatic rings. The van der Waals surface area contributed by atoms with E-state index in [9.17, 15) is 9.90 Å². The first kappa shape index (κ1) is 21.5. The minimum atomic E-state index is -0.475. The highest BCUT2D eigenvalue weighted by Gasteiger charge is 2.58. The minimum Gasteiger partial charge on any atom is -0.508 e. The first-order valence-corrected chi connectivity index (χ1v) is 12.1. The Hall–Kier alpha value is -1.71. The van der Waals surface area contributed by atoms with Crippen LogP contribution in [0.15, 0.2) is 18.2 Å². The van der Waals surface area contributed by atoms with Gasteiger partial charge in [-0.05, 0) is 85.5 Å². The fraction of sp³-hybridized carbons (Fsp3) is 0.731. The van der Waals surface area contributed by atoms with Gasteiger partial charge in [-0.3, -0.25) is 0 Å². The summed E-state index contributed by atoms with van der Waals surface area (Å²) in [5.74, 6) is 2.81. The molecule has 3 aliphatic carbocycles. The second-order valence-corrected chi connectivity index (χ2v) is 10.1. The molecule has 0 radical (unpaired) electrons. The summed E-state index contributed by atoms with van der Waals surface area (Å²) < 4.78 is 11.3. The molecule has 0 spiro atoms. The van der Waals surface area contributed by atoms with Crippen molar-refractivity contribution in [3.8, 4) is 5.75 Å². The number of aromatic hydroxyl groups is 1. The van der Waals surface area contributed by atoms with E-state index in [4.69, 9.17) is 9.47 Å². The molecule has 1 aromatic rings. The Balaban J connectivity index is 1.49. The van der Waals surface area contributed by atoms with Crippen molar-refractivity contribution in [2.24, 2.45) is 23.2 Å². The molecule has 4 heteroatoms. The van der Waals surface area contributed by atoms with Gasteiger partial charge in [0.25, 0.3) is 0 Å². The number of benzene rings is 1. The molecule has 0 saturated heterocycles. The molecule has 6 atom stereocenters. The number of carbonyl (C=O) groups is 1. The zero-order valence-electron chi connectivity index (χ0n) is 18.9. The van der Waals surface area contributed by atoms with Crippen LogP contribution in [-0.2, 0) is 15.9 Å².